The maximum atomic E-state index is 4.19. The van der Waals surface area contributed by atoms with Crippen molar-refractivity contribution in [2.75, 3.05) is 13.1 Å². The van der Waals surface area contributed by atoms with Gasteiger partial charge in [-0.05, 0) is 39.3 Å². The summed E-state index contributed by atoms with van der Waals surface area (Å²) < 4.78 is 0. The van der Waals surface area contributed by atoms with E-state index in [0.29, 0.717) is 6.04 Å². The number of rotatable bonds is 8. The van der Waals surface area contributed by atoms with E-state index in [0.717, 1.165) is 0 Å². The summed E-state index contributed by atoms with van der Waals surface area (Å²) in [7, 11) is 0. The fourth-order valence-corrected chi connectivity index (χ4v) is 1.46. The molecule has 1 heteroatoms. The van der Waals surface area contributed by atoms with Crippen LogP contribution in [-0.4, -0.2) is 24.0 Å². The summed E-state index contributed by atoms with van der Waals surface area (Å²) in [6, 6.07) is 0.526. The maximum absolute atomic E-state index is 4.19. The highest BCUT2D eigenvalue weighted by molar-refractivity contribution is 4.71. The zero-order valence-electron chi connectivity index (χ0n) is 9.68. The Kier molecular flexibility index (Phi) is 8.53. The van der Waals surface area contributed by atoms with Crippen molar-refractivity contribution in [3.8, 4) is 0 Å². The lowest BCUT2D eigenvalue weighted by Crippen LogP contribution is -2.34. The largest absolute Gasteiger partial charge is 0.300 e. The van der Waals surface area contributed by atoms with Crippen LogP contribution in [0.1, 0.15) is 52.9 Å². The highest BCUT2D eigenvalue weighted by Gasteiger charge is 2.09. The van der Waals surface area contributed by atoms with Crippen molar-refractivity contribution in [2.45, 2.75) is 58.9 Å². The molecule has 79 valence electrons. The van der Waals surface area contributed by atoms with Crippen LogP contribution in [0.15, 0.2) is 0 Å². The average molecular weight is 184 g/mol. The highest BCUT2D eigenvalue weighted by Crippen LogP contribution is 2.06. The Bertz CT molecular complexity index is 93.3. The molecule has 1 unspecified atom stereocenters. The van der Waals surface area contributed by atoms with Crippen molar-refractivity contribution < 1.29 is 0 Å². The first kappa shape index (κ1) is 13.0. The Hall–Kier alpha value is -0.0400. The average Bonchev–Trinajstić information content (AvgIpc) is 2.17. The predicted molar refractivity (Wildman–Crippen MR) is 60.8 cm³/mol. The van der Waals surface area contributed by atoms with E-state index in [9.17, 15) is 0 Å². The third-order valence-electron chi connectivity index (χ3n) is 2.59. The summed E-state index contributed by atoms with van der Waals surface area (Å²) >= 11 is 0. The molecule has 0 aromatic carbocycles. The molecule has 0 saturated carbocycles. The fourth-order valence-electron chi connectivity index (χ4n) is 1.46. The van der Waals surface area contributed by atoms with Gasteiger partial charge in [-0.15, -0.1) is 0 Å². The number of hydrogen-bond acceptors (Lipinski definition) is 1. The van der Waals surface area contributed by atoms with Crippen molar-refractivity contribution in [3.63, 3.8) is 0 Å². The molecule has 0 aromatic rings. The first-order valence-corrected chi connectivity index (χ1v) is 5.83. The van der Waals surface area contributed by atoms with Gasteiger partial charge >= 0.3 is 0 Å². The second-order valence-electron chi connectivity index (χ2n) is 3.81. The summed E-state index contributed by atoms with van der Waals surface area (Å²) in [5, 5.41) is 0. The summed E-state index contributed by atoms with van der Waals surface area (Å²) in [4.78, 5) is 2.53. The smallest absolute Gasteiger partial charge is 0.00932 e. The van der Waals surface area contributed by atoms with Gasteiger partial charge in [-0.1, -0.05) is 33.6 Å². The number of unbranched alkanes of at least 4 members (excludes halogenated alkanes) is 2. The zero-order valence-corrected chi connectivity index (χ0v) is 9.68. The normalized spacial score (nSPS) is 13.6. The fraction of sp³-hybridized carbons (Fsp3) is 0.917. The quantitative estimate of drug-likeness (QED) is 0.558. The van der Waals surface area contributed by atoms with Crippen molar-refractivity contribution in [1.82, 2.24) is 4.90 Å². The Morgan fingerprint density at radius 3 is 1.77 bits per heavy atom. The van der Waals surface area contributed by atoms with Crippen LogP contribution in [-0.2, 0) is 0 Å². The van der Waals surface area contributed by atoms with Crippen LogP contribution in [0.3, 0.4) is 0 Å². The topological polar surface area (TPSA) is 3.24 Å². The van der Waals surface area contributed by atoms with Crippen LogP contribution in [0.5, 0.6) is 0 Å². The third kappa shape index (κ3) is 6.09. The Morgan fingerprint density at radius 2 is 1.46 bits per heavy atom. The van der Waals surface area contributed by atoms with E-state index in [4.69, 9.17) is 0 Å². The molecule has 0 amide bonds. The SMILES string of the molecule is [CH2]C(CC)N(CCCC)CCCC. The van der Waals surface area contributed by atoms with Crippen LogP contribution in [0.25, 0.3) is 0 Å². The van der Waals surface area contributed by atoms with E-state index in [1.54, 1.807) is 0 Å². The summed E-state index contributed by atoms with van der Waals surface area (Å²) in [6.45, 7) is 13.4. The highest BCUT2D eigenvalue weighted by atomic mass is 15.1. The summed E-state index contributed by atoms with van der Waals surface area (Å²) in [5.41, 5.74) is 0. The van der Waals surface area contributed by atoms with Crippen LogP contribution in [0.4, 0.5) is 0 Å². The van der Waals surface area contributed by atoms with Crippen LogP contribution in [0, 0.1) is 6.92 Å². The minimum atomic E-state index is 0.526. The lowest BCUT2D eigenvalue weighted by Gasteiger charge is -2.27. The second kappa shape index (κ2) is 8.55. The van der Waals surface area contributed by atoms with Gasteiger partial charge in [0.05, 0.1) is 0 Å². The van der Waals surface area contributed by atoms with E-state index in [-0.39, 0.29) is 0 Å². The van der Waals surface area contributed by atoms with E-state index in [1.165, 1.54) is 45.2 Å². The minimum absolute atomic E-state index is 0.526. The molecule has 0 rings (SSSR count). The number of nitrogens with zero attached hydrogens (tertiary/aromatic N) is 1. The van der Waals surface area contributed by atoms with Gasteiger partial charge in [0.25, 0.3) is 0 Å². The molecule has 0 aliphatic carbocycles. The second-order valence-corrected chi connectivity index (χ2v) is 3.81. The molecule has 0 heterocycles. The van der Waals surface area contributed by atoms with Gasteiger partial charge in [0.1, 0.15) is 0 Å². The molecule has 1 atom stereocenters. The first-order chi connectivity index (χ1) is 6.26. The monoisotopic (exact) mass is 184 g/mol. The molecule has 0 aliphatic rings. The van der Waals surface area contributed by atoms with Crippen molar-refractivity contribution in [1.29, 1.82) is 0 Å². The molecule has 1 nitrogen and oxygen atoms in total. The van der Waals surface area contributed by atoms with Gasteiger partial charge in [0.2, 0.25) is 0 Å². The lowest BCUT2D eigenvalue weighted by molar-refractivity contribution is 0.216. The Balaban J connectivity index is 3.72. The zero-order chi connectivity index (χ0) is 10.1. The first-order valence-electron chi connectivity index (χ1n) is 5.83. The van der Waals surface area contributed by atoms with Crippen LogP contribution >= 0.6 is 0 Å². The number of hydrogen-bond donors (Lipinski definition) is 0. The van der Waals surface area contributed by atoms with Gasteiger partial charge in [-0.25, -0.2) is 0 Å². The Labute approximate surface area is 84.5 Å². The molecule has 1 radical (unpaired) electrons. The lowest BCUT2D eigenvalue weighted by atomic mass is 10.2. The van der Waals surface area contributed by atoms with Crippen LogP contribution in [0.2, 0.25) is 0 Å². The van der Waals surface area contributed by atoms with Crippen molar-refractivity contribution in [3.05, 3.63) is 6.92 Å². The standard InChI is InChI=1S/C12H26N/c1-5-8-10-13(11-9-6-2)12(4)7-3/h12H,4-11H2,1-3H3. The van der Waals surface area contributed by atoms with Crippen LogP contribution < -0.4 is 0 Å². The molecule has 0 bridgehead atoms. The summed E-state index contributed by atoms with van der Waals surface area (Å²) in [6.07, 6.45) is 6.39. The molecular formula is C12H26N. The molecule has 0 spiro atoms. The molecule has 0 aromatic heterocycles. The van der Waals surface area contributed by atoms with E-state index in [1.807, 2.05) is 0 Å². The van der Waals surface area contributed by atoms with Gasteiger partial charge in [-0.2, -0.15) is 0 Å². The van der Waals surface area contributed by atoms with E-state index in [2.05, 4.69) is 32.6 Å². The molecule has 0 N–H and O–H groups in total. The van der Waals surface area contributed by atoms with E-state index < -0.39 is 0 Å². The third-order valence-corrected chi connectivity index (χ3v) is 2.59. The summed E-state index contributed by atoms with van der Waals surface area (Å²) in [5.74, 6) is 0. The Morgan fingerprint density at radius 1 is 1.00 bits per heavy atom. The molecular weight excluding hydrogens is 158 g/mol. The molecule has 0 aliphatic heterocycles. The van der Waals surface area contributed by atoms with Gasteiger partial charge in [0.15, 0.2) is 0 Å². The van der Waals surface area contributed by atoms with Gasteiger partial charge < -0.3 is 4.90 Å². The van der Waals surface area contributed by atoms with Gasteiger partial charge in [-0.3, -0.25) is 0 Å². The molecule has 13 heavy (non-hydrogen) atoms. The molecule has 0 fully saturated rings. The predicted octanol–water partition coefficient (Wildman–Crippen LogP) is 3.50. The minimum Gasteiger partial charge on any atom is -0.300 e. The maximum Gasteiger partial charge on any atom is 0.00932 e. The van der Waals surface area contributed by atoms with Crippen molar-refractivity contribution >= 4 is 0 Å². The molecule has 0 saturated heterocycles. The van der Waals surface area contributed by atoms with E-state index >= 15 is 0 Å². The van der Waals surface area contributed by atoms with Crippen molar-refractivity contribution in [2.24, 2.45) is 0 Å². The van der Waals surface area contributed by atoms with Gasteiger partial charge in [0, 0.05) is 6.04 Å².